The van der Waals surface area contributed by atoms with Crippen LogP contribution in [0.5, 0.6) is 11.5 Å². The number of aryl methyl sites for hydroxylation is 1. The monoisotopic (exact) mass is 388 g/mol. The van der Waals surface area contributed by atoms with Crippen LogP contribution in [0.2, 0.25) is 5.02 Å². The molecule has 2 aromatic carbocycles. The van der Waals surface area contributed by atoms with Crippen LogP contribution >= 0.6 is 22.9 Å². The van der Waals surface area contributed by atoms with Crippen LogP contribution in [0, 0.1) is 6.92 Å². The SMILES string of the molecule is COc1ccc(-c2nc(C)c(C(=O)Nc3ccccc3Cl)s2)cc1OC. The molecule has 0 aliphatic heterocycles. The second-order valence-electron chi connectivity index (χ2n) is 5.44. The maximum atomic E-state index is 12.6. The van der Waals surface area contributed by atoms with Gasteiger partial charge in [-0.3, -0.25) is 4.79 Å². The quantitative estimate of drug-likeness (QED) is 0.665. The van der Waals surface area contributed by atoms with Crippen molar-refractivity contribution >= 4 is 34.5 Å². The third-order valence-electron chi connectivity index (χ3n) is 3.76. The predicted molar refractivity (Wildman–Crippen MR) is 105 cm³/mol. The summed E-state index contributed by atoms with van der Waals surface area (Å²) in [6.45, 7) is 1.81. The first kappa shape index (κ1) is 18.2. The Morgan fingerprint density at radius 1 is 1.12 bits per heavy atom. The van der Waals surface area contributed by atoms with Crippen molar-refractivity contribution in [2.24, 2.45) is 0 Å². The van der Waals surface area contributed by atoms with E-state index in [1.54, 1.807) is 26.4 Å². The molecule has 0 fully saturated rings. The molecule has 7 heteroatoms. The first-order chi connectivity index (χ1) is 12.5. The van der Waals surface area contributed by atoms with Crippen LogP contribution < -0.4 is 14.8 Å². The Hall–Kier alpha value is -2.57. The highest BCUT2D eigenvalue weighted by atomic mass is 35.5. The van der Waals surface area contributed by atoms with Crippen molar-refractivity contribution in [3.63, 3.8) is 0 Å². The summed E-state index contributed by atoms with van der Waals surface area (Å²) in [5.74, 6) is 1.01. The van der Waals surface area contributed by atoms with Gasteiger partial charge in [-0.05, 0) is 37.3 Å². The van der Waals surface area contributed by atoms with Gasteiger partial charge in [-0.1, -0.05) is 23.7 Å². The number of para-hydroxylation sites is 1. The summed E-state index contributed by atoms with van der Waals surface area (Å²) in [5.41, 5.74) is 2.08. The molecule has 0 unspecified atom stereocenters. The van der Waals surface area contributed by atoms with Gasteiger partial charge in [-0.25, -0.2) is 4.98 Å². The van der Waals surface area contributed by atoms with Gasteiger partial charge in [0.25, 0.3) is 5.91 Å². The normalized spacial score (nSPS) is 10.5. The molecule has 3 aromatic rings. The van der Waals surface area contributed by atoms with E-state index in [2.05, 4.69) is 10.3 Å². The fraction of sp³-hybridized carbons (Fsp3) is 0.158. The van der Waals surface area contributed by atoms with Crippen LogP contribution in [-0.4, -0.2) is 25.1 Å². The van der Waals surface area contributed by atoms with Crippen molar-refractivity contribution in [1.29, 1.82) is 0 Å². The van der Waals surface area contributed by atoms with Crippen molar-refractivity contribution in [2.45, 2.75) is 6.92 Å². The molecular formula is C19H17ClN2O3S. The number of hydrogen-bond acceptors (Lipinski definition) is 5. The molecule has 0 aliphatic rings. The minimum Gasteiger partial charge on any atom is -0.493 e. The Bertz CT molecular complexity index is 956. The van der Waals surface area contributed by atoms with Gasteiger partial charge in [0, 0.05) is 5.56 Å². The largest absolute Gasteiger partial charge is 0.493 e. The van der Waals surface area contributed by atoms with Gasteiger partial charge < -0.3 is 14.8 Å². The Kier molecular flexibility index (Phi) is 5.44. The highest BCUT2D eigenvalue weighted by molar-refractivity contribution is 7.17. The summed E-state index contributed by atoms with van der Waals surface area (Å²) in [4.78, 5) is 17.7. The van der Waals surface area contributed by atoms with E-state index in [-0.39, 0.29) is 5.91 Å². The van der Waals surface area contributed by atoms with Gasteiger partial charge >= 0.3 is 0 Å². The number of halogens is 1. The molecule has 0 saturated carbocycles. The maximum Gasteiger partial charge on any atom is 0.267 e. The van der Waals surface area contributed by atoms with E-state index in [0.717, 1.165) is 10.6 Å². The van der Waals surface area contributed by atoms with E-state index < -0.39 is 0 Å². The maximum absolute atomic E-state index is 12.6. The van der Waals surface area contributed by atoms with Crippen molar-refractivity contribution in [1.82, 2.24) is 4.98 Å². The molecule has 0 saturated heterocycles. The van der Waals surface area contributed by atoms with Crippen LogP contribution in [-0.2, 0) is 0 Å². The van der Waals surface area contributed by atoms with Crippen LogP contribution in [0.4, 0.5) is 5.69 Å². The number of thiazole rings is 1. The lowest BCUT2D eigenvalue weighted by atomic mass is 10.2. The molecule has 0 radical (unpaired) electrons. The number of rotatable bonds is 5. The zero-order chi connectivity index (χ0) is 18.7. The smallest absolute Gasteiger partial charge is 0.267 e. The van der Waals surface area contributed by atoms with Gasteiger partial charge in [0.15, 0.2) is 11.5 Å². The molecule has 3 rings (SSSR count). The molecule has 5 nitrogen and oxygen atoms in total. The number of methoxy groups -OCH3 is 2. The fourth-order valence-corrected chi connectivity index (χ4v) is 3.58. The zero-order valence-corrected chi connectivity index (χ0v) is 16.1. The van der Waals surface area contributed by atoms with E-state index in [9.17, 15) is 4.79 Å². The predicted octanol–water partition coefficient (Wildman–Crippen LogP) is 5.04. The highest BCUT2D eigenvalue weighted by Crippen LogP contribution is 2.35. The molecule has 1 amide bonds. The Morgan fingerprint density at radius 2 is 1.85 bits per heavy atom. The summed E-state index contributed by atoms with van der Waals surface area (Å²) in [6, 6.07) is 12.6. The number of nitrogens with one attached hydrogen (secondary N) is 1. The first-order valence-corrected chi connectivity index (χ1v) is 8.98. The molecule has 1 N–H and O–H groups in total. The van der Waals surface area contributed by atoms with Crippen LogP contribution in [0.15, 0.2) is 42.5 Å². The fourth-order valence-electron chi connectivity index (χ4n) is 2.44. The highest BCUT2D eigenvalue weighted by Gasteiger charge is 2.18. The number of ether oxygens (including phenoxy) is 2. The lowest BCUT2D eigenvalue weighted by Crippen LogP contribution is -2.11. The molecule has 1 heterocycles. The minimum absolute atomic E-state index is 0.236. The van der Waals surface area contributed by atoms with Crippen molar-refractivity contribution < 1.29 is 14.3 Å². The van der Waals surface area contributed by atoms with Crippen LogP contribution in [0.25, 0.3) is 10.6 Å². The number of carbonyl (C=O) groups excluding carboxylic acids is 1. The topological polar surface area (TPSA) is 60.5 Å². The minimum atomic E-state index is -0.236. The van der Waals surface area contributed by atoms with Crippen molar-refractivity contribution in [3.8, 4) is 22.1 Å². The van der Waals surface area contributed by atoms with Gasteiger partial charge in [-0.15, -0.1) is 11.3 Å². The van der Waals surface area contributed by atoms with E-state index in [0.29, 0.717) is 32.8 Å². The second-order valence-corrected chi connectivity index (χ2v) is 6.84. The number of amides is 1. The summed E-state index contributed by atoms with van der Waals surface area (Å²) in [7, 11) is 3.17. The number of hydrogen-bond donors (Lipinski definition) is 1. The summed E-state index contributed by atoms with van der Waals surface area (Å²) >= 11 is 7.42. The molecule has 1 aromatic heterocycles. The number of nitrogens with zero attached hydrogens (tertiary/aromatic N) is 1. The van der Waals surface area contributed by atoms with Crippen LogP contribution in [0.1, 0.15) is 15.4 Å². The molecule has 0 atom stereocenters. The summed E-state index contributed by atoms with van der Waals surface area (Å²) in [6.07, 6.45) is 0. The Morgan fingerprint density at radius 3 is 2.54 bits per heavy atom. The van der Waals surface area contributed by atoms with Gasteiger partial charge in [0.1, 0.15) is 9.88 Å². The molecule has 0 spiro atoms. The van der Waals surface area contributed by atoms with Gasteiger partial charge in [0.05, 0.1) is 30.6 Å². The van der Waals surface area contributed by atoms with Crippen molar-refractivity contribution in [3.05, 3.63) is 58.1 Å². The van der Waals surface area contributed by atoms with Crippen LogP contribution in [0.3, 0.4) is 0 Å². The number of aromatic nitrogens is 1. The third kappa shape index (κ3) is 3.66. The molecular weight excluding hydrogens is 372 g/mol. The van der Waals surface area contributed by atoms with Crippen molar-refractivity contribution in [2.75, 3.05) is 19.5 Å². The van der Waals surface area contributed by atoms with E-state index in [1.165, 1.54) is 11.3 Å². The van der Waals surface area contributed by atoms with E-state index in [4.69, 9.17) is 21.1 Å². The summed E-state index contributed by atoms with van der Waals surface area (Å²) in [5, 5.41) is 4.05. The summed E-state index contributed by atoms with van der Waals surface area (Å²) < 4.78 is 10.6. The van der Waals surface area contributed by atoms with Gasteiger partial charge in [-0.2, -0.15) is 0 Å². The standard InChI is InChI=1S/C19H17ClN2O3S/c1-11-17(18(23)22-14-7-5-4-6-13(14)20)26-19(21-11)12-8-9-15(24-2)16(10-12)25-3/h4-10H,1-3H3,(H,22,23). The molecule has 0 bridgehead atoms. The number of benzene rings is 2. The first-order valence-electron chi connectivity index (χ1n) is 7.79. The molecule has 0 aliphatic carbocycles. The third-order valence-corrected chi connectivity index (χ3v) is 5.29. The lowest BCUT2D eigenvalue weighted by molar-refractivity contribution is 0.103. The average molecular weight is 389 g/mol. The zero-order valence-electron chi connectivity index (χ0n) is 14.5. The molecule has 26 heavy (non-hydrogen) atoms. The van der Waals surface area contributed by atoms with E-state index in [1.807, 2.05) is 37.3 Å². The average Bonchev–Trinajstić information content (AvgIpc) is 3.04. The Labute approximate surface area is 160 Å². The molecule has 134 valence electrons. The number of carbonyl (C=O) groups is 1. The second kappa shape index (κ2) is 7.76. The lowest BCUT2D eigenvalue weighted by Gasteiger charge is -2.08. The van der Waals surface area contributed by atoms with Gasteiger partial charge in [0.2, 0.25) is 0 Å². The van der Waals surface area contributed by atoms with E-state index >= 15 is 0 Å². The number of anilines is 1. The Balaban J connectivity index is 1.90.